The Morgan fingerprint density at radius 2 is 2.38 bits per heavy atom. The Hall–Kier alpha value is -0.680. The van der Waals surface area contributed by atoms with Crippen LogP contribution in [-0.4, -0.2) is 22.8 Å². The average Bonchev–Trinajstić information content (AvgIpc) is 2.55. The van der Waals surface area contributed by atoms with Gasteiger partial charge in [-0.1, -0.05) is 25.2 Å². The number of hydrogen-bond donors (Lipinski definition) is 2. The van der Waals surface area contributed by atoms with E-state index in [4.69, 9.17) is 5.73 Å². The van der Waals surface area contributed by atoms with Crippen molar-refractivity contribution in [2.24, 2.45) is 11.7 Å². The number of nitrogens with zero attached hydrogens (tertiary/aromatic N) is 2. The summed E-state index contributed by atoms with van der Waals surface area (Å²) in [4.78, 5) is 0. The SMILES string of the molecule is CC(C)CC(CN)Nc1nncs1. The molecule has 0 saturated heterocycles. The highest BCUT2D eigenvalue weighted by atomic mass is 32.1. The van der Waals surface area contributed by atoms with E-state index in [0.717, 1.165) is 11.6 Å². The van der Waals surface area contributed by atoms with Crippen LogP contribution >= 0.6 is 11.3 Å². The van der Waals surface area contributed by atoms with E-state index >= 15 is 0 Å². The Bertz CT molecular complexity index is 222. The van der Waals surface area contributed by atoms with Gasteiger partial charge in [0.15, 0.2) is 0 Å². The molecule has 1 aromatic rings. The van der Waals surface area contributed by atoms with Gasteiger partial charge in [-0.15, -0.1) is 10.2 Å². The summed E-state index contributed by atoms with van der Waals surface area (Å²) in [6, 6.07) is 0.313. The summed E-state index contributed by atoms with van der Waals surface area (Å²) in [6.07, 6.45) is 1.07. The normalized spacial score (nSPS) is 13.2. The first-order valence-electron chi connectivity index (χ1n) is 4.45. The van der Waals surface area contributed by atoms with Gasteiger partial charge in [-0.25, -0.2) is 0 Å². The van der Waals surface area contributed by atoms with Crippen molar-refractivity contribution >= 4 is 16.5 Å². The molecule has 0 saturated carbocycles. The molecule has 1 aromatic heterocycles. The van der Waals surface area contributed by atoms with Crippen LogP contribution in [0.5, 0.6) is 0 Å². The van der Waals surface area contributed by atoms with E-state index in [9.17, 15) is 0 Å². The topological polar surface area (TPSA) is 63.8 Å². The van der Waals surface area contributed by atoms with Gasteiger partial charge in [0, 0.05) is 12.6 Å². The van der Waals surface area contributed by atoms with Crippen molar-refractivity contribution in [3.8, 4) is 0 Å². The molecule has 1 atom stereocenters. The maximum atomic E-state index is 5.63. The molecule has 74 valence electrons. The minimum absolute atomic E-state index is 0.313. The van der Waals surface area contributed by atoms with Crippen molar-refractivity contribution < 1.29 is 0 Å². The van der Waals surface area contributed by atoms with Crippen molar-refractivity contribution in [2.45, 2.75) is 26.3 Å². The van der Waals surface area contributed by atoms with Gasteiger partial charge in [0.2, 0.25) is 5.13 Å². The highest BCUT2D eigenvalue weighted by Crippen LogP contribution is 2.13. The highest BCUT2D eigenvalue weighted by molar-refractivity contribution is 7.13. The highest BCUT2D eigenvalue weighted by Gasteiger charge is 2.09. The summed E-state index contributed by atoms with van der Waals surface area (Å²) in [5.74, 6) is 0.647. The largest absolute Gasteiger partial charge is 0.356 e. The number of rotatable bonds is 5. The zero-order valence-corrected chi connectivity index (χ0v) is 8.84. The molecule has 13 heavy (non-hydrogen) atoms. The molecule has 1 heterocycles. The first kappa shape index (κ1) is 10.4. The zero-order chi connectivity index (χ0) is 9.68. The van der Waals surface area contributed by atoms with Gasteiger partial charge in [0.25, 0.3) is 0 Å². The van der Waals surface area contributed by atoms with E-state index in [2.05, 4.69) is 29.4 Å². The monoisotopic (exact) mass is 200 g/mol. The molecule has 4 nitrogen and oxygen atoms in total. The van der Waals surface area contributed by atoms with Crippen molar-refractivity contribution in [2.75, 3.05) is 11.9 Å². The van der Waals surface area contributed by atoms with Crippen LogP contribution in [0.1, 0.15) is 20.3 Å². The predicted molar refractivity (Wildman–Crippen MR) is 55.8 cm³/mol. The van der Waals surface area contributed by atoms with E-state index in [1.54, 1.807) is 5.51 Å². The van der Waals surface area contributed by atoms with Gasteiger partial charge in [0.1, 0.15) is 5.51 Å². The van der Waals surface area contributed by atoms with E-state index in [0.29, 0.717) is 18.5 Å². The Kier molecular flexibility index (Phi) is 4.11. The molecule has 1 rings (SSSR count). The van der Waals surface area contributed by atoms with Gasteiger partial charge in [-0.3, -0.25) is 0 Å². The van der Waals surface area contributed by atoms with Crippen molar-refractivity contribution in [1.82, 2.24) is 10.2 Å². The fourth-order valence-electron chi connectivity index (χ4n) is 1.19. The third-order valence-corrected chi connectivity index (χ3v) is 2.35. The zero-order valence-electron chi connectivity index (χ0n) is 8.03. The van der Waals surface area contributed by atoms with Crippen molar-refractivity contribution in [3.05, 3.63) is 5.51 Å². The van der Waals surface area contributed by atoms with E-state index in [1.165, 1.54) is 11.3 Å². The maximum Gasteiger partial charge on any atom is 0.205 e. The number of aromatic nitrogens is 2. The molecule has 0 amide bonds. The molecule has 0 bridgehead atoms. The van der Waals surface area contributed by atoms with E-state index in [-0.39, 0.29) is 0 Å². The lowest BCUT2D eigenvalue weighted by atomic mass is 10.0. The number of hydrogen-bond acceptors (Lipinski definition) is 5. The second-order valence-electron chi connectivity index (χ2n) is 3.45. The minimum Gasteiger partial charge on any atom is -0.356 e. The molecular weight excluding hydrogens is 184 g/mol. The van der Waals surface area contributed by atoms with Crippen LogP contribution in [0, 0.1) is 5.92 Å². The molecule has 0 fully saturated rings. The molecular formula is C8H16N4S. The Morgan fingerprint density at radius 1 is 1.62 bits per heavy atom. The first-order chi connectivity index (χ1) is 6.22. The molecule has 1 unspecified atom stereocenters. The van der Waals surface area contributed by atoms with E-state index in [1.807, 2.05) is 0 Å². The number of nitrogens with one attached hydrogen (secondary N) is 1. The van der Waals surface area contributed by atoms with E-state index < -0.39 is 0 Å². The Labute approximate surface area is 82.6 Å². The second-order valence-corrected chi connectivity index (χ2v) is 4.28. The summed E-state index contributed by atoms with van der Waals surface area (Å²) in [5, 5.41) is 11.8. The van der Waals surface area contributed by atoms with Gasteiger partial charge >= 0.3 is 0 Å². The van der Waals surface area contributed by atoms with Crippen LogP contribution in [0.2, 0.25) is 0 Å². The van der Waals surface area contributed by atoms with Crippen molar-refractivity contribution in [3.63, 3.8) is 0 Å². The molecule has 0 aliphatic carbocycles. The molecule has 0 aromatic carbocycles. The smallest absolute Gasteiger partial charge is 0.205 e. The standard InChI is InChI=1S/C8H16N4S/c1-6(2)3-7(4-9)11-8-12-10-5-13-8/h5-7H,3-4,9H2,1-2H3,(H,11,12). The van der Waals surface area contributed by atoms with Gasteiger partial charge in [0.05, 0.1) is 0 Å². The molecule has 0 radical (unpaired) electrons. The summed E-state index contributed by atoms with van der Waals surface area (Å²) in [6.45, 7) is 5.01. The van der Waals surface area contributed by atoms with Crippen LogP contribution < -0.4 is 11.1 Å². The summed E-state index contributed by atoms with van der Waals surface area (Å²) in [5.41, 5.74) is 7.35. The molecule has 0 spiro atoms. The molecule has 0 aliphatic heterocycles. The first-order valence-corrected chi connectivity index (χ1v) is 5.33. The third kappa shape index (κ3) is 3.69. The average molecular weight is 200 g/mol. The Balaban J connectivity index is 2.40. The van der Waals surface area contributed by atoms with Gasteiger partial charge in [-0.05, 0) is 12.3 Å². The number of anilines is 1. The van der Waals surface area contributed by atoms with Crippen LogP contribution in [0.25, 0.3) is 0 Å². The summed E-state index contributed by atoms with van der Waals surface area (Å²) in [7, 11) is 0. The van der Waals surface area contributed by atoms with Crippen molar-refractivity contribution in [1.29, 1.82) is 0 Å². The predicted octanol–water partition coefficient (Wildman–Crippen LogP) is 1.32. The number of nitrogens with two attached hydrogens (primary N) is 1. The molecule has 3 N–H and O–H groups in total. The fourth-order valence-corrected chi connectivity index (χ4v) is 1.72. The fraction of sp³-hybridized carbons (Fsp3) is 0.750. The molecule has 5 heteroatoms. The van der Waals surface area contributed by atoms with Crippen LogP contribution in [0.4, 0.5) is 5.13 Å². The van der Waals surface area contributed by atoms with Crippen LogP contribution in [0.3, 0.4) is 0 Å². The lowest BCUT2D eigenvalue weighted by molar-refractivity contribution is 0.521. The Morgan fingerprint density at radius 3 is 2.85 bits per heavy atom. The lowest BCUT2D eigenvalue weighted by Gasteiger charge is -2.17. The molecule has 0 aliphatic rings. The second kappa shape index (κ2) is 5.14. The van der Waals surface area contributed by atoms with Gasteiger partial charge < -0.3 is 11.1 Å². The third-order valence-electron chi connectivity index (χ3n) is 1.73. The van der Waals surface area contributed by atoms with Crippen LogP contribution in [0.15, 0.2) is 5.51 Å². The maximum absolute atomic E-state index is 5.63. The quantitative estimate of drug-likeness (QED) is 0.752. The summed E-state index contributed by atoms with van der Waals surface area (Å²) >= 11 is 1.50. The minimum atomic E-state index is 0.313. The van der Waals surface area contributed by atoms with Crippen LogP contribution in [-0.2, 0) is 0 Å². The summed E-state index contributed by atoms with van der Waals surface area (Å²) < 4.78 is 0. The van der Waals surface area contributed by atoms with Gasteiger partial charge in [-0.2, -0.15) is 0 Å². The lowest BCUT2D eigenvalue weighted by Crippen LogP contribution is -2.30.